The summed E-state index contributed by atoms with van der Waals surface area (Å²) >= 11 is 0. The Morgan fingerprint density at radius 2 is 1.25 bits per heavy atom. The van der Waals surface area contributed by atoms with E-state index in [1.807, 2.05) is 0 Å². The highest BCUT2D eigenvalue weighted by molar-refractivity contribution is 5.78. The summed E-state index contributed by atoms with van der Waals surface area (Å²) in [4.78, 5) is 11.3. The van der Waals surface area contributed by atoms with Gasteiger partial charge < -0.3 is 0 Å². The molecule has 0 heterocycles. The summed E-state index contributed by atoms with van der Waals surface area (Å²) in [5.74, 6) is 3.73. The molecule has 0 radical (unpaired) electrons. The van der Waals surface area contributed by atoms with Crippen LogP contribution in [0.3, 0.4) is 0 Å². The van der Waals surface area contributed by atoms with Gasteiger partial charge in [0.1, 0.15) is 5.78 Å². The third-order valence-electron chi connectivity index (χ3n) is 5.07. The average Bonchev–Trinajstić information content (AvgIpc) is 2.30. The lowest BCUT2D eigenvalue weighted by Crippen LogP contribution is -2.27. The average molecular weight is 222 g/mol. The Morgan fingerprint density at radius 3 is 1.69 bits per heavy atom. The van der Waals surface area contributed by atoms with Gasteiger partial charge in [0.2, 0.25) is 0 Å². The number of hydrogen-bond donors (Lipinski definition) is 0. The van der Waals surface area contributed by atoms with E-state index in [9.17, 15) is 4.79 Å². The first-order valence-electron chi connectivity index (χ1n) is 7.17. The summed E-state index contributed by atoms with van der Waals surface area (Å²) in [6, 6.07) is 0. The summed E-state index contributed by atoms with van der Waals surface area (Å²) < 4.78 is 0. The molecule has 0 aromatic heterocycles. The van der Waals surface area contributed by atoms with Gasteiger partial charge in [-0.3, -0.25) is 4.79 Å². The van der Waals surface area contributed by atoms with E-state index in [4.69, 9.17) is 0 Å². The van der Waals surface area contributed by atoms with Crippen LogP contribution in [0, 0.1) is 23.7 Å². The predicted molar refractivity (Wildman–Crippen MR) is 67.3 cm³/mol. The highest BCUT2D eigenvalue weighted by Gasteiger charge is 2.30. The van der Waals surface area contributed by atoms with Crippen molar-refractivity contribution in [2.75, 3.05) is 0 Å². The molecule has 0 unspecified atom stereocenters. The zero-order valence-electron chi connectivity index (χ0n) is 10.9. The van der Waals surface area contributed by atoms with Crippen LogP contribution in [0.1, 0.15) is 65.2 Å². The molecule has 92 valence electrons. The summed E-state index contributed by atoms with van der Waals surface area (Å²) in [5.41, 5.74) is 0. The standard InChI is InChI=1S/C15H26O/c1-11-3-5-14(6-4-11)15-9-7-13(8-10-15)12(2)16/h11,13-15H,3-10H2,1-2H3. The lowest BCUT2D eigenvalue weighted by Gasteiger charge is -2.36. The van der Waals surface area contributed by atoms with Crippen molar-refractivity contribution in [2.45, 2.75) is 65.2 Å². The molecule has 0 aromatic rings. The van der Waals surface area contributed by atoms with Gasteiger partial charge in [-0.25, -0.2) is 0 Å². The minimum absolute atomic E-state index is 0.402. The monoisotopic (exact) mass is 222 g/mol. The number of rotatable bonds is 2. The summed E-state index contributed by atoms with van der Waals surface area (Å²) in [6.07, 6.45) is 10.8. The van der Waals surface area contributed by atoms with Gasteiger partial charge in [-0.1, -0.05) is 19.8 Å². The van der Waals surface area contributed by atoms with E-state index in [0.29, 0.717) is 11.7 Å². The first kappa shape index (κ1) is 12.1. The Morgan fingerprint density at radius 1 is 0.812 bits per heavy atom. The van der Waals surface area contributed by atoms with Crippen molar-refractivity contribution in [2.24, 2.45) is 23.7 Å². The second-order valence-corrected chi connectivity index (χ2v) is 6.24. The number of carbonyl (C=O) groups is 1. The third-order valence-corrected chi connectivity index (χ3v) is 5.07. The maximum Gasteiger partial charge on any atom is 0.132 e. The molecule has 0 spiro atoms. The van der Waals surface area contributed by atoms with Gasteiger partial charge >= 0.3 is 0 Å². The molecule has 1 heteroatoms. The van der Waals surface area contributed by atoms with E-state index in [1.165, 1.54) is 51.4 Å². The van der Waals surface area contributed by atoms with Crippen molar-refractivity contribution in [1.29, 1.82) is 0 Å². The molecular formula is C15H26O. The fourth-order valence-electron chi connectivity index (χ4n) is 3.75. The van der Waals surface area contributed by atoms with E-state index in [-0.39, 0.29) is 0 Å². The van der Waals surface area contributed by atoms with E-state index in [0.717, 1.165) is 17.8 Å². The van der Waals surface area contributed by atoms with Crippen molar-refractivity contribution in [3.63, 3.8) is 0 Å². The molecule has 0 aliphatic heterocycles. The largest absolute Gasteiger partial charge is 0.300 e. The van der Waals surface area contributed by atoms with Gasteiger partial charge in [-0.05, 0) is 63.2 Å². The number of Topliss-reactive ketones (excluding diaryl/α,β-unsaturated/α-hetero) is 1. The smallest absolute Gasteiger partial charge is 0.132 e. The fraction of sp³-hybridized carbons (Fsp3) is 0.933. The number of hydrogen-bond acceptors (Lipinski definition) is 1. The lowest BCUT2D eigenvalue weighted by atomic mass is 9.69. The van der Waals surface area contributed by atoms with Crippen LogP contribution in [0.2, 0.25) is 0 Å². The minimum Gasteiger partial charge on any atom is -0.300 e. The molecule has 0 saturated heterocycles. The highest BCUT2D eigenvalue weighted by Crippen LogP contribution is 2.41. The van der Waals surface area contributed by atoms with E-state index in [2.05, 4.69) is 6.92 Å². The van der Waals surface area contributed by atoms with Crippen LogP contribution in [0.5, 0.6) is 0 Å². The number of carbonyl (C=O) groups excluding carboxylic acids is 1. The second kappa shape index (κ2) is 5.33. The molecule has 2 saturated carbocycles. The first-order chi connectivity index (χ1) is 7.66. The normalized spacial score (nSPS) is 40.6. The van der Waals surface area contributed by atoms with Crippen LogP contribution in [-0.2, 0) is 4.79 Å². The quantitative estimate of drug-likeness (QED) is 0.684. The molecule has 0 N–H and O–H groups in total. The molecule has 2 aliphatic carbocycles. The van der Waals surface area contributed by atoms with Crippen molar-refractivity contribution in [3.05, 3.63) is 0 Å². The third kappa shape index (κ3) is 2.87. The van der Waals surface area contributed by atoms with Crippen molar-refractivity contribution in [3.8, 4) is 0 Å². The van der Waals surface area contributed by atoms with Crippen LogP contribution in [0.15, 0.2) is 0 Å². The SMILES string of the molecule is CC(=O)C1CCC(C2CCC(C)CC2)CC1. The summed E-state index contributed by atoms with van der Waals surface area (Å²) in [6.45, 7) is 4.16. The molecule has 0 aromatic carbocycles. The summed E-state index contributed by atoms with van der Waals surface area (Å²) in [7, 11) is 0. The molecule has 0 amide bonds. The zero-order valence-corrected chi connectivity index (χ0v) is 10.9. The fourth-order valence-corrected chi connectivity index (χ4v) is 3.75. The lowest BCUT2D eigenvalue weighted by molar-refractivity contribution is -0.122. The Hall–Kier alpha value is -0.330. The Kier molecular flexibility index (Phi) is 4.05. The molecule has 1 nitrogen and oxygen atoms in total. The van der Waals surface area contributed by atoms with Gasteiger partial charge in [0, 0.05) is 5.92 Å². The van der Waals surface area contributed by atoms with Crippen LogP contribution in [0.4, 0.5) is 0 Å². The highest BCUT2D eigenvalue weighted by atomic mass is 16.1. The van der Waals surface area contributed by atoms with Crippen molar-refractivity contribution >= 4 is 5.78 Å². The molecule has 16 heavy (non-hydrogen) atoms. The number of ketones is 1. The van der Waals surface area contributed by atoms with Crippen LogP contribution < -0.4 is 0 Å². The maximum absolute atomic E-state index is 11.3. The Balaban J connectivity index is 1.78. The van der Waals surface area contributed by atoms with Crippen LogP contribution in [-0.4, -0.2) is 5.78 Å². The van der Waals surface area contributed by atoms with E-state index >= 15 is 0 Å². The summed E-state index contributed by atoms with van der Waals surface area (Å²) in [5, 5.41) is 0. The Labute approximate surface area is 100.0 Å². The minimum atomic E-state index is 0.402. The predicted octanol–water partition coefficient (Wildman–Crippen LogP) is 4.21. The molecule has 0 atom stereocenters. The van der Waals surface area contributed by atoms with E-state index < -0.39 is 0 Å². The Bertz CT molecular complexity index is 230. The second-order valence-electron chi connectivity index (χ2n) is 6.24. The molecule has 2 aliphatic rings. The molecular weight excluding hydrogens is 196 g/mol. The molecule has 2 fully saturated rings. The van der Waals surface area contributed by atoms with Gasteiger partial charge in [0.15, 0.2) is 0 Å². The van der Waals surface area contributed by atoms with Gasteiger partial charge in [0.25, 0.3) is 0 Å². The van der Waals surface area contributed by atoms with Gasteiger partial charge in [-0.15, -0.1) is 0 Å². The van der Waals surface area contributed by atoms with Gasteiger partial charge in [0.05, 0.1) is 0 Å². The maximum atomic E-state index is 11.3. The molecule has 0 bridgehead atoms. The molecule has 2 rings (SSSR count). The van der Waals surface area contributed by atoms with Crippen molar-refractivity contribution in [1.82, 2.24) is 0 Å². The van der Waals surface area contributed by atoms with Gasteiger partial charge in [-0.2, -0.15) is 0 Å². The van der Waals surface area contributed by atoms with Crippen molar-refractivity contribution < 1.29 is 4.79 Å². The topological polar surface area (TPSA) is 17.1 Å². The zero-order chi connectivity index (χ0) is 11.5. The first-order valence-corrected chi connectivity index (χ1v) is 7.17. The van der Waals surface area contributed by atoms with E-state index in [1.54, 1.807) is 6.92 Å². The van der Waals surface area contributed by atoms with Crippen LogP contribution >= 0.6 is 0 Å². The van der Waals surface area contributed by atoms with Crippen LogP contribution in [0.25, 0.3) is 0 Å².